The van der Waals surface area contributed by atoms with E-state index in [2.05, 4.69) is 37.9 Å². The van der Waals surface area contributed by atoms with Crippen molar-refractivity contribution in [2.45, 2.75) is 77.0 Å². The van der Waals surface area contributed by atoms with Crippen molar-refractivity contribution in [2.75, 3.05) is 26.8 Å². The summed E-state index contributed by atoms with van der Waals surface area (Å²) in [5.41, 5.74) is 2.76. The highest BCUT2D eigenvalue weighted by molar-refractivity contribution is 9.10. The van der Waals surface area contributed by atoms with Crippen LogP contribution < -0.4 is 5.32 Å². The second-order valence-electron chi connectivity index (χ2n) is 11.8. The molecule has 0 saturated carbocycles. The second-order valence-corrected chi connectivity index (χ2v) is 13.2. The maximum Gasteiger partial charge on any atom is 0.407 e. The number of methoxy groups -OCH3 is 1. The van der Waals surface area contributed by atoms with Gasteiger partial charge in [0, 0.05) is 72.4 Å². The van der Waals surface area contributed by atoms with Gasteiger partial charge in [0.1, 0.15) is 5.60 Å². The first-order valence-corrected chi connectivity index (χ1v) is 15.5. The molecule has 9 heteroatoms. The minimum Gasteiger partial charge on any atom is -0.444 e. The van der Waals surface area contributed by atoms with Crippen LogP contribution in [0.3, 0.4) is 0 Å². The molecule has 0 bridgehead atoms. The van der Waals surface area contributed by atoms with E-state index in [0.29, 0.717) is 31.1 Å². The topological polar surface area (TPSA) is 72.8 Å². The van der Waals surface area contributed by atoms with E-state index < -0.39 is 11.7 Å². The van der Waals surface area contributed by atoms with E-state index in [0.717, 1.165) is 46.7 Å². The molecule has 2 aromatic carbocycles. The third-order valence-electron chi connectivity index (χ3n) is 7.36. The van der Waals surface area contributed by atoms with Gasteiger partial charge in [0.25, 0.3) is 0 Å². The highest BCUT2D eigenvalue weighted by Crippen LogP contribution is 2.33. The molecule has 41 heavy (non-hydrogen) atoms. The van der Waals surface area contributed by atoms with E-state index in [1.807, 2.05) is 62.1 Å². The number of aryl methyl sites for hydroxylation is 1. The van der Waals surface area contributed by atoms with E-state index in [1.54, 1.807) is 7.11 Å². The summed E-state index contributed by atoms with van der Waals surface area (Å²) in [7, 11) is 1.72. The number of alkyl carbamates (subject to hydrolysis) is 1. The Balaban J connectivity index is 1.50. The second kappa shape index (κ2) is 14.1. The monoisotopic (exact) mass is 645 g/mol. The fourth-order valence-electron chi connectivity index (χ4n) is 5.54. The molecular formula is C32H41BrClN3O4. The number of nitrogens with one attached hydrogen (secondary N) is 1. The standard InChI is InChI=1S/C32H41BrClN3O4/c1-32(2,3)41-31(39)35-27(17-22-8-11-25(33)12-9-22)20-30(38)36-14-5-7-24(21-36)28-18-23-10-13-26(34)19-29(23)37(28)15-6-16-40-4/h8-13,18-19,24,27H,5-7,14-17,20-21H2,1-4H3,(H,35,39). The molecule has 0 spiro atoms. The number of rotatable bonds is 10. The Morgan fingerprint density at radius 1 is 1.15 bits per heavy atom. The highest BCUT2D eigenvalue weighted by Gasteiger charge is 2.30. The summed E-state index contributed by atoms with van der Waals surface area (Å²) in [5, 5.41) is 4.83. The molecule has 3 aromatic rings. The molecule has 0 radical (unpaired) electrons. The average Bonchev–Trinajstić information content (AvgIpc) is 3.26. The van der Waals surface area contributed by atoms with Gasteiger partial charge in [-0.15, -0.1) is 0 Å². The molecule has 1 fully saturated rings. The molecule has 1 saturated heterocycles. The van der Waals surface area contributed by atoms with Gasteiger partial charge in [-0.2, -0.15) is 0 Å². The molecule has 1 N–H and O–H groups in total. The predicted octanol–water partition coefficient (Wildman–Crippen LogP) is 7.33. The molecule has 2 unspecified atom stereocenters. The molecule has 2 atom stereocenters. The number of nitrogens with zero attached hydrogens (tertiary/aromatic N) is 2. The third-order valence-corrected chi connectivity index (χ3v) is 8.12. The van der Waals surface area contributed by atoms with Crippen LogP contribution in [0.2, 0.25) is 5.02 Å². The molecule has 1 aromatic heterocycles. The SMILES string of the molecule is COCCCn1c(C2CCCN(C(=O)CC(Cc3ccc(Br)cc3)NC(=O)OC(C)(C)C)C2)cc2ccc(Cl)cc21. The van der Waals surface area contributed by atoms with Gasteiger partial charge in [0.15, 0.2) is 0 Å². The van der Waals surface area contributed by atoms with Crippen LogP contribution >= 0.6 is 27.5 Å². The van der Waals surface area contributed by atoms with Crippen LogP contribution in [0.1, 0.15) is 63.6 Å². The Bertz CT molecular complexity index is 1340. The number of aromatic nitrogens is 1. The first-order chi connectivity index (χ1) is 19.5. The van der Waals surface area contributed by atoms with Gasteiger partial charge in [0.2, 0.25) is 5.91 Å². The van der Waals surface area contributed by atoms with Crippen LogP contribution in [-0.2, 0) is 27.2 Å². The van der Waals surface area contributed by atoms with E-state index in [-0.39, 0.29) is 24.3 Å². The highest BCUT2D eigenvalue weighted by atomic mass is 79.9. The minimum atomic E-state index is -0.623. The molecule has 4 rings (SSSR count). The third kappa shape index (κ3) is 8.97. The van der Waals surface area contributed by atoms with Crippen molar-refractivity contribution in [1.29, 1.82) is 0 Å². The summed E-state index contributed by atoms with van der Waals surface area (Å²) in [6, 6.07) is 15.8. The lowest BCUT2D eigenvalue weighted by Gasteiger charge is -2.34. The van der Waals surface area contributed by atoms with E-state index in [9.17, 15) is 9.59 Å². The van der Waals surface area contributed by atoms with Crippen molar-refractivity contribution in [3.63, 3.8) is 0 Å². The zero-order valence-electron chi connectivity index (χ0n) is 24.4. The maximum atomic E-state index is 13.7. The van der Waals surface area contributed by atoms with Gasteiger partial charge in [-0.1, -0.05) is 45.7 Å². The van der Waals surface area contributed by atoms with Gasteiger partial charge < -0.3 is 24.3 Å². The van der Waals surface area contributed by atoms with Gasteiger partial charge in [-0.05, 0) is 87.7 Å². The Hall–Kier alpha value is -2.55. The van der Waals surface area contributed by atoms with Crippen LogP contribution in [0.25, 0.3) is 10.9 Å². The van der Waals surface area contributed by atoms with Crippen LogP contribution in [0.15, 0.2) is 53.0 Å². The van der Waals surface area contributed by atoms with Crippen molar-refractivity contribution in [3.8, 4) is 0 Å². The normalized spacial score (nSPS) is 16.5. The summed E-state index contributed by atoms with van der Waals surface area (Å²) >= 11 is 9.84. The number of hydrogen-bond acceptors (Lipinski definition) is 4. The molecule has 2 amide bonds. The molecule has 2 heterocycles. The van der Waals surface area contributed by atoms with Crippen LogP contribution in [-0.4, -0.2) is 59.9 Å². The molecular weight excluding hydrogens is 606 g/mol. The number of benzene rings is 2. The zero-order valence-corrected chi connectivity index (χ0v) is 26.8. The molecule has 0 aliphatic carbocycles. The molecule has 1 aliphatic rings. The summed E-state index contributed by atoms with van der Waals surface area (Å²) in [5.74, 6) is 0.253. The lowest BCUT2D eigenvalue weighted by molar-refractivity contribution is -0.132. The molecule has 1 aliphatic heterocycles. The van der Waals surface area contributed by atoms with Crippen molar-refractivity contribution in [3.05, 3.63) is 69.3 Å². The van der Waals surface area contributed by atoms with Crippen molar-refractivity contribution in [1.82, 2.24) is 14.8 Å². The summed E-state index contributed by atoms with van der Waals surface area (Å²) < 4.78 is 14.2. The quantitative estimate of drug-likeness (QED) is 0.234. The first kappa shape index (κ1) is 31.4. The minimum absolute atomic E-state index is 0.0398. The van der Waals surface area contributed by atoms with Gasteiger partial charge in [-0.25, -0.2) is 4.79 Å². The van der Waals surface area contributed by atoms with Crippen LogP contribution in [0, 0.1) is 0 Å². The zero-order chi connectivity index (χ0) is 29.6. The van der Waals surface area contributed by atoms with Crippen LogP contribution in [0.5, 0.6) is 0 Å². The molecule has 7 nitrogen and oxygen atoms in total. The fourth-order valence-corrected chi connectivity index (χ4v) is 5.97. The maximum absolute atomic E-state index is 13.7. The number of hydrogen-bond donors (Lipinski definition) is 1. The first-order valence-electron chi connectivity index (χ1n) is 14.3. The Morgan fingerprint density at radius 2 is 1.90 bits per heavy atom. The predicted molar refractivity (Wildman–Crippen MR) is 168 cm³/mol. The number of likely N-dealkylation sites (tertiary alicyclic amines) is 1. The van der Waals surface area contributed by atoms with E-state index in [1.165, 1.54) is 5.69 Å². The Labute approximate surface area is 256 Å². The van der Waals surface area contributed by atoms with Gasteiger partial charge in [-0.3, -0.25) is 4.79 Å². The summed E-state index contributed by atoms with van der Waals surface area (Å²) in [6.07, 6.45) is 3.05. The van der Waals surface area contributed by atoms with Gasteiger partial charge in [0.05, 0.1) is 0 Å². The lowest BCUT2D eigenvalue weighted by Crippen LogP contribution is -2.46. The van der Waals surface area contributed by atoms with E-state index in [4.69, 9.17) is 21.1 Å². The number of piperidine rings is 1. The average molecular weight is 647 g/mol. The number of amides is 2. The number of fused-ring (bicyclic) bond motifs is 1. The number of carbonyl (C=O) groups is 2. The number of ether oxygens (including phenoxy) is 2. The lowest BCUT2D eigenvalue weighted by atomic mass is 9.93. The van der Waals surface area contributed by atoms with E-state index >= 15 is 0 Å². The van der Waals surface area contributed by atoms with Crippen molar-refractivity contribution >= 4 is 50.4 Å². The Morgan fingerprint density at radius 3 is 2.61 bits per heavy atom. The van der Waals surface area contributed by atoms with Crippen LogP contribution in [0.4, 0.5) is 4.79 Å². The van der Waals surface area contributed by atoms with Crippen molar-refractivity contribution in [2.24, 2.45) is 0 Å². The smallest absolute Gasteiger partial charge is 0.407 e. The summed E-state index contributed by atoms with van der Waals surface area (Å²) in [4.78, 5) is 28.3. The van der Waals surface area contributed by atoms with Crippen molar-refractivity contribution < 1.29 is 19.1 Å². The summed E-state index contributed by atoms with van der Waals surface area (Å²) in [6.45, 7) is 8.35. The Kier molecular flexibility index (Phi) is 10.8. The number of halogens is 2. The van der Waals surface area contributed by atoms with Gasteiger partial charge >= 0.3 is 6.09 Å². The fraction of sp³-hybridized carbons (Fsp3) is 0.500. The molecule has 222 valence electrons. The largest absolute Gasteiger partial charge is 0.444 e. The number of carbonyl (C=O) groups excluding carboxylic acids is 2.